The molecule has 2 heterocycles. The van der Waals surface area contributed by atoms with Crippen LogP contribution in [-0.2, 0) is 5.41 Å². The Kier molecular flexibility index (Phi) is 8.53. The average molecular weight is 924 g/mol. The minimum atomic E-state index is -0.693. The second kappa shape index (κ2) is 14.9. The molecule has 0 saturated heterocycles. The predicted octanol–water partition coefficient (Wildman–Crippen LogP) is 19.1. The Labute approximate surface area is 419 Å². The number of allylic oxidation sites excluding steroid dienone is 6. The summed E-state index contributed by atoms with van der Waals surface area (Å²) in [5.74, 6) is 0.850. The van der Waals surface area contributed by atoms with Gasteiger partial charge in [0.1, 0.15) is 16.9 Å². The fraction of sp³-hybridized carbons (Fsp3) is 0.101. The lowest BCUT2D eigenvalue weighted by atomic mass is 9.69. The summed E-state index contributed by atoms with van der Waals surface area (Å²) in [6.45, 7) is 11.0. The van der Waals surface area contributed by atoms with E-state index in [1.54, 1.807) is 0 Å². The van der Waals surface area contributed by atoms with Gasteiger partial charge >= 0.3 is 0 Å². The molecule has 1 atom stereocenters. The molecule has 15 rings (SSSR count). The van der Waals surface area contributed by atoms with E-state index in [9.17, 15) is 0 Å². The Morgan fingerprint density at radius 1 is 0.528 bits per heavy atom. The Morgan fingerprint density at radius 3 is 1.99 bits per heavy atom. The highest BCUT2D eigenvalue weighted by Gasteiger charge is 2.53. The van der Waals surface area contributed by atoms with Crippen molar-refractivity contribution >= 4 is 61.1 Å². The van der Waals surface area contributed by atoms with Gasteiger partial charge in [-0.2, -0.15) is 0 Å². The van der Waals surface area contributed by atoms with Crippen molar-refractivity contribution in [3.63, 3.8) is 0 Å². The third-order valence-electron chi connectivity index (χ3n) is 16.3. The number of hydrogen-bond acceptors (Lipinski definition) is 3. The molecule has 9 aromatic carbocycles. The molecule has 0 N–H and O–H groups in total. The largest absolute Gasteiger partial charge is 0.455 e. The van der Waals surface area contributed by atoms with Crippen molar-refractivity contribution in [3.8, 4) is 55.8 Å². The normalized spacial score (nSPS) is 16.1. The lowest BCUT2D eigenvalue weighted by Crippen LogP contribution is -2.27. The third kappa shape index (κ3) is 5.51. The summed E-state index contributed by atoms with van der Waals surface area (Å²) in [5.41, 5.74) is 24.3. The van der Waals surface area contributed by atoms with E-state index in [-0.39, 0.29) is 5.41 Å². The van der Waals surface area contributed by atoms with Crippen LogP contribution in [0.25, 0.3) is 106 Å². The number of rotatable bonds is 6. The van der Waals surface area contributed by atoms with Gasteiger partial charge in [0.25, 0.3) is 0 Å². The van der Waals surface area contributed by atoms with Crippen LogP contribution >= 0.6 is 0 Å². The molecule has 0 aliphatic heterocycles. The summed E-state index contributed by atoms with van der Waals surface area (Å²) in [7, 11) is 0. The second-order valence-corrected chi connectivity index (χ2v) is 21.0. The third-order valence-corrected chi connectivity index (χ3v) is 16.3. The molecule has 3 heteroatoms. The van der Waals surface area contributed by atoms with Gasteiger partial charge in [0, 0.05) is 38.7 Å². The quantitative estimate of drug-likeness (QED) is 0.156. The maximum atomic E-state index is 6.89. The number of fused-ring (bicyclic) bond motifs is 18. The van der Waals surface area contributed by atoms with Crippen molar-refractivity contribution in [1.29, 1.82) is 0 Å². The van der Waals surface area contributed by atoms with E-state index in [2.05, 4.69) is 220 Å². The SMILES string of the molecule is C=C/C=C\c1c(-c2ccc3c(c2)C2(c4cc(N(C5=CC=C(C(C)(C)C)CC5)c5cccc6c5oc5ccccc56)ccc4-3)c3ccccc3-c3c2cc2c4c(cccc34)-c3ccccc3-2)oc2ccccc12. The Morgan fingerprint density at radius 2 is 1.19 bits per heavy atom. The number of benzene rings is 9. The summed E-state index contributed by atoms with van der Waals surface area (Å²) in [6, 6.07) is 65.5. The monoisotopic (exact) mass is 923 g/mol. The van der Waals surface area contributed by atoms with Crippen LogP contribution in [0.2, 0.25) is 0 Å². The highest BCUT2D eigenvalue weighted by atomic mass is 16.3. The van der Waals surface area contributed by atoms with Crippen LogP contribution in [-0.4, -0.2) is 0 Å². The van der Waals surface area contributed by atoms with Crippen LogP contribution in [0.15, 0.2) is 227 Å². The van der Waals surface area contributed by atoms with E-state index in [1.807, 2.05) is 18.2 Å². The smallest absolute Gasteiger partial charge is 0.159 e. The van der Waals surface area contributed by atoms with E-state index in [0.29, 0.717) is 0 Å². The summed E-state index contributed by atoms with van der Waals surface area (Å²) in [5, 5.41) is 5.95. The van der Waals surface area contributed by atoms with Gasteiger partial charge in [-0.05, 0) is 144 Å². The molecule has 0 saturated carbocycles. The van der Waals surface area contributed by atoms with E-state index in [1.165, 1.54) is 88.8 Å². The predicted molar refractivity (Wildman–Crippen MR) is 300 cm³/mol. The lowest BCUT2D eigenvalue weighted by Gasteiger charge is -2.34. The first kappa shape index (κ1) is 41.2. The molecule has 11 aromatic rings. The molecule has 2 aromatic heterocycles. The molecule has 72 heavy (non-hydrogen) atoms. The molecule has 0 amide bonds. The first-order valence-corrected chi connectivity index (χ1v) is 25.3. The number of hydrogen-bond donors (Lipinski definition) is 0. The zero-order valence-electron chi connectivity index (χ0n) is 40.5. The van der Waals surface area contributed by atoms with E-state index in [4.69, 9.17) is 8.83 Å². The molecule has 4 aliphatic carbocycles. The van der Waals surface area contributed by atoms with Gasteiger partial charge in [0.05, 0.1) is 11.1 Å². The number of para-hydroxylation sites is 3. The fourth-order valence-corrected chi connectivity index (χ4v) is 13.2. The zero-order valence-corrected chi connectivity index (χ0v) is 40.5. The highest BCUT2D eigenvalue weighted by molar-refractivity contribution is 6.21. The van der Waals surface area contributed by atoms with Crippen LogP contribution < -0.4 is 4.90 Å². The fourth-order valence-electron chi connectivity index (χ4n) is 13.2. The first-order valence-electron chi connectivity index (χ1n) is 25.3. The van der Waals surface area contributed by atoms with Gasteiger partial charge < -0.3 is 13.7 Å². The summed E-state index contributed by atoms with van der Waals surface area (Å²) in [4.78, 5) is 2.50. The molecule has 1 unspecified atom stereocenters. The zero-order chi connectivity index (χ0) is 48.0. The second-order valence-electron chi connectivity index (χ2n) is 21.0. The molecule has 342 valence electrons. The number of nitrogens with zero attached hydrogens (tertiary/aromatic N) is 1. The van der Waals surface area contributed by atoms with Gasteiger partial charge in [-0.3, -0.25) is 0 Å². The van der Waals surface area contributed by atoms with Crippen LogP contribution in [0.5, 0.6) is 0 Å². The van der Waals surface area contributed by atoms with Gasteiger partial charge in [-0.1, -0.05) is 191 Å². The van der Waals surface area contributed by atoms with Crippen molar-refractivity contribution < 1.29 is 8.83 Å². The molecule has 0 radical (unpaired) electrons. The van der Waals surface area contributed by atoms with E-state index in [0.717, 1.165) is 74.0 Å². The van der Waals surface area contributed by atoms with Crippen LogP contribution in [0.1, 0.15) is 61.4 Å². The van der Waals surface area contributed by atoms with Crippen LogP contribution in [0, 0.1) is 5.41 Å². The number of furan rings is 2. The molecule has 3 nitrogen and oxygen atoms in total. The Hall–Kier alpha value is -8.66. The molecule has 0 fully saturated rings. The maximum Gasteiger partial charge on any atom is 0.159 e. The average Bonchev–Trinajstić information content (AvgIpc) is 4.21. The van der Waals surface area contributed by atoms with E-state index >= 15 is 0 Å². The lowest BCUT2D eigenvalue weighted by molar-refractivity contribution is 0.479. The highest BCUT2D eigenvalue weighted by Crippen LogP contribution is 2.67. The minimum Gasteiger partial charge on any atom is -0.455 e. The van der Waals surface area contributed by atoms with Crippen LogP contribution in [0.3, 0.4) is 0 Å². The van der Waals surface area contributed by atoms with Crippen molar-refractivity contribution in [1.82, 2.24) is 0 Å². The standard InChI is InChI=1S/C69H49NO2/c1-5-6-17-52-49-20-10-13-28-62(49)71-66(52)41-30-36-47-48-37-35-44(70(43-33-31-42(32-34-43)68(2,3)4)61-27-16-24-53-50-21-11-14-29-63(50)72-67(53)61)39-59(48)69(58(47)38-41)57-26-12-9-22-54(57)65-55-25-15-23-51-45-18-7-8-19-46(45)56(64(51)55)40-60(65)69/h5-31,33,35-40H,1,32,34H2,2-4H3/b17-6-. The van der Waals surface area contributed by atoms with Gasteiger partial charge in [0.15, 0.2) is 5.58 Å². The van der Waals surface area contributed by atoms with E-state index < -0.39 is 5.41 Å². The summed E-state index contributed by atoms with van der Waals surface area (Å²) in [6.07, 6.45) is 12.6. The van der Waals surface area contributed by atoms with Crippen molar-refractivity contribution in [2.24, 2.45) is 5.41 Å². The Balaban J connectivity index is 1.05. The molecule has 0 bridgehead atoms. The number of anilines is 2. The molecular formula is C69H49NO2. The van der Waals surface area contributed by atoms with Crippen molar-refractivity contribution in [2.75, 3.05) is 4.90 Å². The van der Waals surface area contributed by atoms with Crippen LogP contribution in [0.4, 0.5) is 11.4 Å². The van der Waals surface area contributed by atoms with Crippen molar-refractivity contribution in [3.05, 3.63) is 246 Å². The first-order chi connectivity index (χ1) is 35.3. The summed E-state index contributed by atoms with van der Waals surface area (Å²) >= 11 is 0. The summed E-state index contributed by atoms with van der Waals surface area (Å²) < 4.78 is 13.8. The molecular weight excluding hydrogens is 875 g/mol. The van der Waals surface area contributed by atoms with Gasteiger partial charge in [-0.15, -0.1) is 0 Å². The molecule has 4 aliphatic rings. The van der Waals surface area contributed by atoms with Gasteiger partial charge in [-0.25, -0.2) is 0 Å². The van der Waals surface area contributed by atoms with Gasteiger partial charge in [0.2, 0.25) is 0 Å². The Bertz CT molecular complexity index is 4290. The molecule has 1 spiro atoms. The topological polar surface area (TPSA) is 29.5 Å². The minimum absolute atomic E-state index is 0.0796. The van der Waals surface area contributed by atoms with Crippen molar-refractivity contribution in [2.45, 2.75) is 39.0 Å². The maximum absolute atomic E-state index is 6.89.